The number of carboxylic acids is 1. The number of hydrogen-bond acceptors (Lipinski definition) is 3. The van der Waals surface area contributed by atoms with Crippen molar-refractivity contribution in [3.8, 4) is 11.1 Å². The summed E-state index contributed by atoms with van der Waals surface area (Å²) in [7, 11) is 0. The number of carbonyl (C=O) groups excluding carboxylic acids is 2. The third-order valence-corrected chi connectivity index (χ3v) is 4.97. The lowest BCUT2D eigenvalue weighted by Crippen LogP contribution is -2.36. The average molecular weight is 353 g/mol. The van der Waals surface area contributed by atoms with Crippen LogP contribution in [0.1, 0.15) is 36.7 Å². The summed E-state index contributed by atoms with van der Waals surface area (Å²) in [5.74, 6) is -1.82. The molecule has 2 rings (SSSR count). The quantitative estimate of drug-likeness (QED) is 0.578. The molecule has 0 saturated heterocycles. The molecule has 1 atom stereocenters. The number of carboxylic acid groups (broad SMARTS) is 1. The first-order chi connectivity index (χ1) is 12.2. The van der Waals surface area contributed by atoms with Crippen molar-refractivity contribution in [2.24, 2.45) is 11.3 Å². The number of rotatable bonds is 7. The van der Waals surface area contributed by atoms with Gasteiger partial charge >= 0.3 is 5.97 Å². The van der Waals surface area contributed by atoms with Crippen LogP contribution in [0.4, 0.5) is 5.69 Å². The zero-order valence-electron chi connectivity index (χ0n) is 15.4. The van der Waals surface area contributed by atoms with Crippen LogP contribution in [0.3, 0.4) is 0 Å². The molecule has 5 nitrogen and oxygen atoms in total. The van der Waals surface area contributed by atoms with Crippen molar-refractivity contribution in [2.75, 3.05) is 5.32 Å². The predicted octanol–water partition coefficient (Wildman–Crippen LogP) is 4.16. The molecule has 0 fully saturated rings. The summed E-state index contributed by atoms with van der Waals surface area (Å²) in [6.45, 7) is 6.67. The normalized spacial score (nSPS) is 12.3. The Labute approximate surface area is 153 Å². The molecule has 0 aliphatic heterocycles. The number of aliphatic carboxylic acids is 1. The van der Waals surface area contributed by atoms with Crippen molar-refractivity contribution in [3.63, 3.8) is 0 Å². The van der Waals surface area contributed by atoms with Crippen molar-refractivity contribution in [1.29, 1.82) is 0 Å². The highest BCUT2D eigenvalue weighted by Gasteiger charge is 2.38. The molecule has 2 aromatic rings. The number of Topliss-reactive ketones (excluding diaryl/α,β-unsaturated/α-hetero) is 1. The minimum atomic E-state index is -1.13. The number of nitrogens with one attached hydrogen (secondary N) is 1. The summed E-state index contributed by atoms with van der Waals surface area (Å²) in [5, 5.41) is 11.9. The third-order valence-electron chi connectivity index (χ3n) is 4.97. The van der Waals surface area contributed by atoms with Crippen LogP contribution in [0.15, 0.2) is 42.5 Å². The molecule has 0 aliphatic rings. The minimum Gasteiger partial charge on any atom is -0.481 e. The number of carbonyl (C=O) groups is 3. The van der Waals surface area contributed by atoms with Gasteiger partial charge in [-0.2, -0.15) is 0 Å². The fraction of sp³-hybridized carbons (Fsp3) is 0.286. The summed E-state index contributed by atoms with van der Waals surface area (Å²) in [6, 6.07) is 12.8. The second-order valence-corrected chi connectivity index (χ2v) is 6.98. The molecule has 5 heteroatoms. The van der Waals surface area contributed by atoms with E-state index in [0.29, 0.717) is 12.0 Å². The summed E-state index contributed by atoms with van der Waals surface area (Å²) >= 11 is 0. The van der Waals surface area contributed by atoms with E-state index in [-0.39, 0.29) is 5.78 Å². The fourth-order valence-electron chi connectivity index (χ4n) is 2.66. The Balaban J connectivity index is 2.25. The molecule has 26 heavy (non-hydrogen) atoms. The van der Waals surface area contributed by atoms with E-state index in [1.54, 1.807) is 32.9 Å². The predicted molar refractivity (Wildman–Crippen MR) is 101 cm³/mol. The molecule has 2 N–H and O–H groups in total. The zero-order valence-corrected chi connectivity index (χ0v) is 15.4. The molecule has 0 bridgehead atoms. The van der Waals surface area contributed by atoms with Crippen molar-refractivity contribution >= 4 is 23.9 Å². The highest BCUT2D eigenvalue weighted by molar-refractivity contribution is 6.00. The van der Waals surface area contributed by atoms with E-state index < -0.39 is 17.3 Å². The average Bonchev–Trinajstić information content (AvgIpc) is 2.62. The van der Waals surface area contributed by atoms with Crippen LogP contribution in [0, 0.1) is 18.3 Å². The van der Waals surface area contributed by atoms with E-state index >= 15 is 0 Å². The number of anilines is 1. The monoisotopic (exact) mass is 353 g/mol. The van der Waals surface area contributed by atoms with Gasteiger partial charge in [-0.1, -0.05) is 37.3 Å². The van der Waals surface area contributed by atoms with Gasteiger partial charge in [0.2, 0.25) is 6.41 Å². The van der Waals surface area contributed by atoms with Crippen LogP contribution in [0.25, 0.3) is 11.1 Å². The molecule has 0 heterocycles. The Bertz CT molecular complexity index is 838. The maximum Gasteiger partial charge on any atom is 0.309 e. The Hall–Kier alpha value is -2.95. The van der Waals surface area contributed by atoms with Crippen molar-refractivity contribution in [3.05, 3.63) is 53.6 Å². The van der Waals surface area contributed by atoms with E-state index in [4.69, 9.17) is 0 Å². The largest absolute Gasteiger partial charge is 0.481 e. The van der Waals surface area contributed by atoms with Gasteiger partial charge in [0.15, 0.2) is 5.78 Å². The molecule has 1 amide bonds. The SMILES string of the molecule is Cc1cc(-c2ccc(C(=O)C(C)C(C)(C)C(=O)O)cc2)ccc1NC=O. The lowest BCUT2D eigenvalue weighted by atomic mass is 9.76. The van der Waals surface area contributed by atoms with E-state index in [2.05, 4.69) is 5.32 Å². The van der Waals surface area contributed by atoms with Gasteiger partial charge in [0.25, 0.3) is 0 Å². The van der Waals surface area contributed by atoms with Crippen LogP contribution in [-0.4, -0.2) is 23.3 Å². The standard InChI is InChI=1S/C21H23NO4/c1-13-11-17(9-10-18(13)22-12-23)15-5-7-16(8-6-15)19(24)14(2)21(3,4)20(25)26/h5-12,14H,1-4H3,(H,22,23)(H,25,26). The molecule has 0 spiro atoms. The molecule has 1 unspecified atom stereocenters. The third kappa shape index (κ3) is 3.82. The van der Waals surface area contributed by atoms with Gasteiger partial charge in [0, 0.05) is 17.2 Å². The van der Waals surface area contributed by atoms with E-state index in [1.807, 2.05) is 37.3 Å². The van der Waals surface area contributed by atoms with Crippen molar-refractivity contribution in [2.45, 2.75) is 27.7 Å². The van der Waals surface area contributed by atoms with Gasteiger partial charge in [0.1, 0.15) is 0 Å². The summed E-state index contributed by atoms with van der Waals surface area (Å²) < 4.78 is 0. The molecular weight excluding hydrogens is 330 g/mol. The van der Waals surface area contributed by atoms with Crippen LogP contribution in [-0.2, 0) is 9.59 Å². The van der Waals surface area contributed by atoms with Crippen molar-refractivity contribution in [1.82, 2.24) is 0 Å². The van der Waals surface area contributed by atoms with Gasteiger partial charge in [-0.15, -0.1) is 0 Å². The molecular formula is C21H23NO4. The second-order valence-electron chi connectivity index (χ2n) is 6.98. The van der Waals surface area contributed by atoms with Crippen LogP contribution in [0.2, 0.25) is 0 Å². The Morgan fingerprint density at radius 1 is 1.08 bits per heavy atom. The first-order valence-corrected chi connectivity index (χ1v) is 8.37. The summed E-state index contributed by atoms with van der Waals surface area (Å²) in [6.07, 6.45) is 0.641. The van der Waals surface area contributed by atoms with Crippen LogP contribution >= 0.6 is 0 Å². The van der Waals surface area contributed by atoms with E-state index in [0.717, 1.165) is 22.4 Å². The topological polar surface area (TPSA) is 83.5 Å². The number of aryl methyl sites for hydroxylation is 1. The van der Waals surface area contributed by atoms with Gasteiger partial charge in [-0.25, -0.2) is 0 Å². The minimum absolute atomic E-state index is 0.189. The summed E-state index contributed by atoms with van der Waals surface area (Å²) in [5.41, 5.74) is 2.96. The molecule has 2 aromatic carbocycles. The fourth-order valence-corrected chi connectivity index (χ4v) is 2.66. The van der Waals surface area contributed by atoms with Gasteiger partial charge < -0.3 is 10.4 Å². The van der Waals surface area contributed by atoms with E-state index in [9.17, 15) is 19.5 Å². The van der Waals surface area contributed by atoms with Gasteiger partial charge in [0.05, 0.1) is 5.41 Å². The van der Waals surface area contributed by atoms with Crippen LogP contribution in [0.5, 0.6) is 0 Å². The lowest BCUT2D eigenvalue weighted by Gasteiger charge is -2.26. The first kappa shape index (κ1) is 19.4. The first-order valence-electron chi connectivity index (χ1n) is 8.37. The van der Waals surface area contributed by atoms with Gasteiger partial charge in [-0.05, 0) is 49.6 Å². The Kier molecular flexibility index (Phi) is 5.60. The smallest absolute Gasteiger partial charge is 0.309 e. The van der Waals surface area contributed by atoms with Gasteiger partial charge in [-0.3, -0.25) is 14.4 Å². The maximum atomic E-state index is 12.6. The number of ketones is 1. The maximum absolute atomic E-state index is 12.6. The van der Waals surface area contributed by atoms with Crippen LogP contribution < -0.4 is 5.32 Å². The number of hydrogen-bond donors (Lipinski definition) is 2. The second kappa shape index (κ2) is 7.52. The van der Waals surface area contributed by atoms with Crippen molar-refractivity contribution < 1.29 is 19.5 Å². The molecule has 0 saturated carbocycles. The Morgan fingerprint density at radius 3 is 2.15 bits per heavy atom. The molecule has 0 radical (unpaired) electrons. The molecule has 0 aromatic heterocycles. The number of benzene rings is 2. The Morgan fingerprint density at radius 2 is 1.65 bits per heavy atom. The van der Waals surface area contributed by atoms with E-state index in [1.165, 1.54) is 0 Å². The molecule has 0 aliphatic carbocycles. The molecule has 136 valence electrons. The lowest BCUT2D eigenvalue weighted by molar-refractivity contribution is -0.148. The zero-order chi connectivity index (χ0) is 19.5. The highest BCUT2D eigenvalue weighted by atomic mass is 16.4. The number of amides is 1. The highest BCUT2D eigenvalue weighted by Crippen LogP contribution is 2.31. The summed E-state index contributed by atoms with van der Waals surface area (Å²) in [4.78, 5) is 34.5.